The van der Waals surface area contributed by atoms with Gasteiger partial charge in [0.15, 0.2) is 0 Å². The van der Waals surface area contributed by atoms with Crippen LogP contribution in [0.4, 0.5) is 17.1 Å². The predicted octanol–water partition coefficient (Wildman–Crippen LogP) is 5.71. The van der Waals surface area contributed by atoms with Crippen molar-refractivity contribution < 1.29 is 5.11 Å². The van der Waals surface area contributed by atoms with E-state index in [4.69, 9.17) is 23.2 Å². The highest BCUT2D eigenvalue weighted by atomic mass is 35.5. The zero-order chi connectivity index (χ0) is 27.5. The van der Waals surface area contributed by atoms with E-state index >= 15 is 0 Å². The van der Waals surface area contributed by atoms with Gasteiger partial charge in [0.2, 0.25) is 0 Å². The van der Waals surface area contributed by atoms with Crippen molar-refractivity contribution in [2.45, 2.75) is 13.0 Å². The molecule has 0 fully saturated rings. The van der Waals surface area contributed by atoms with Gasteiger partial charge in [-0.15, -0.1) is 16.9 Å². The normalized spacial score (nSPS) is 13.4. The summed E-state index contributed by atoms with van der Waals surface area (Å²) in [5, 5.41) is 40.6. The summed E-state index contributed by atoms with van der Waals surface area (Å²) < 4.78 is 0. The van der Waals surface area contributed by atoms with Gasteiger partial charge in [-0.05, 0) is 42.8 Å². The second-order valence-corrected chi connectivity index (χ2v) is 10.5. The van der Waals surface area contributed by atoms with Crippen LogP contribution in [-0.2, 0) is 0 Å². The van der Waals surface area contributed by atoms with Crippen LogP contribution >= 0.6 is 34.5 Å². The minimum absolute atomic E-state index is 0.0232. The number of thiophene rings is 1. The maximum absolute atomic E-state index is 9.85. The number of hydrogen-bond donors (Lipinski definition) is 5. The number of anilines is 3. The molecule has 0 saturated heterocycles. The molecule has 39 heavy (non-hydrogen) atoms. The Hall–Kier alpha value is -4.03. The number of aliphatic hydroxyl groups is 1. The van der Waals surface area contributed by atoms with Crippen LogP contribution in [0.1, 0.15) is 27.6 Å². The second-order valence-electron chi connectivity index (χ2n) is 8.77. The molecule has 0 aliphatic carbocycles. The summed E-state index contributed by atoms with van der Waals surface area (Å²) in [6.45, 7) is 2.29. The number of nitriles is 2. The zero-order valence-electron chi connectivity index (χ0n) is 20.6. The summed E-state index contributed by atoms with van der Waals surface area (Å²) in [4.78, 5) is 5.33. The summed E-state index contributed by atoms with van der Waals surface area (Å²) in [5.74, 6) is 0. The Labute approximate surface area is 238 Å². The number of nitrogens with one attached hydrogen (secondary N) is 4. The highest BCUT2D eigenvalue weighted by molar-refractivity contribution is 7.10. The number of pyridine rings is 1. The number of aliphatic hydroxyl groups excluding tert-OH is 1. The maximum atomic E-state index is 9.85. The molecule has 1 aliphatic rings. The number of aryl methyl sites for hydroxylation is 1. The number of aromatic nitrogens is 1. The number of fused-ring (bicyclic) bond motifs is 1. The van der Waals surface area contributed by atoms with Gasteiger partial charge in [-0.25, -0.2) is 0 Å². The third kappa shape index (κ3) is 5.57. The standard InChI is InChI=1S/C27H22Cl2N8OS/c1-15-2-3-18(8-21(15)28)33-25-17(11-31)12-32-26-20(25)7-19(9-22(26)29)34-27(24-6-16(10-30)14-39-24)23-13-37(4-5-38)36-35-23/h2-3,6-9,12-14,27,34-36,38H,4-5H2,1H3,(H,32,33)/t27-/m1/s1. The average molecular weight is 578 g/mol. The molecule has 2 aromatic heterocycles. The molecular formula is C27H22Cl2N8OS. The minimum atomic E-state index is -0.374. The molecule has 3 heterocycles. The molecule has 0 saturated carbocycles. The fourth-order valence-corrected chi connectivity index (χ4v) is 5.50. The number of halogens is 2. The van der Waals surface area contributed by atoms with Crippen LogP contribution < -0.4 is 21.6 Å². The van der Waals surface area contributed by atoms with E-state index in [9.17, 15) is 15.6 Å². The van der Waals surface area contributed by atoms with Gasteiger partial charge in [0.1, 0.15) is 18.2 Å². The third-order valence-electron chi connectivity index (χ3n) is 6.12. The highest BCUT2D eigenvalue weighted by Crippen LogP contribution is 2.38. The number of rotatable bonds is 8. The average Bonchev–Trinajstić information content (AvgIpc) is 3.60. The Balaban J connectivity index is 1.58. The molecule has 12 heteroatoms. The third-order valence-corrected chi connectivity index (χ3v) is 7.81. The molecule has 1 aliphatic heterocycles. The van der Waals surface area contributed by atoms with Crippen molar-refractivity contribution in [3.63, 3.8) is 0 Å². The smallest absolute Gasteiger partial charge is 0.104 e. The van der Waals surface area contributed by atoms with Crippen molar-refractivity contribution in [2.24, 2.45) is 0 Å². The summed E-state index contributed by atoms with van der Waals surface area (Å²) in [6.07, 6.45) is 3.34. The number of hydrazine groups is 2. The molecule has 5 N–H and O–H groups in total. The van der Waals surface area contributed by atoms with Crippen LogP contribution in [-0.4, -0.2) is 28.3 Å². The van der Waals surface area contributed by atoms with Gasteiger partial charge < -0.3 is 21.2 Å². The van der Waals surface area contributed by atoms with E-state index in [2.05, 4.69) is 38.7 Å². The fourth-order valence-electron chi connectivity index (χ4n) is 4.15. The fraction of sp³-hybridized carbons (Fsp3) is 0.148. The number of β-amino-alcohol motifs (C(OH)–C–C–N with tert-alkyl or cyclic N) is 1. The predicted molar refractivity (Wildman–Crippen MR) is 154 cm³/mol. The van der Waals surface area contributed by atoms with Gasteiger partial charge in [0.05, 0.1) is 46.2 Å². The first kappa shape index (κ1) is 26.6. The molecule has 9 nitrogen and oxygen atoms in total. The molecule has 2 aromatic carbocycles. The maximum Gasteiger partial charge on any atom is 0.104 e. The summed E-state index contributed by atoms with van der Waals surface area (Å²) in [6, 6.07) is 15.1. The zero-order valence-corrected chi connectivity index (χ0v) is 22.9. The van der Waals surface area contributed by atoms with Crippen LogP contribution in [0, 0.1) is 29.6 Å². The molecule has 5 rings (SSSR count). The van der Waals surface area contributed by atoms with E-state index in [-0.39, 0.29) is 12.6 Å². The second kappa shape index (κ2) is 11.4. The van der Waals surface area contributed by atoms with Gasteiger partial charge in [0, 0.05) is 44.4 Å². The molecule has 4 aromatic rings. The van der Waals surface area contributed by atoms with Crippen molar-refractivity contribution in [2.75, 3.05) is 23.8 Å². The van der Waals surface area contributed by atoms with Gasteiger partial charge in [-0.3, -0.25) is 9.99 Å². The number of benzene rings is 2. The lowest BCUT2D eigenvalue weighted by molar-refractivity contribution is 0.195. The largest absolute Gasteiger partial charge is 0.394 e. The number of nitrogens with zero attached hydrogens (tertiary/aromatic N) is 4. The van der Waals surface area contributed by atoms with E-state index in [1.807, 2.05) is 37.4 Å². The first-order chi connectivity index (χ1) is 18.9. The molecule has 196 valence electrons. The summed E-state index contributed by atoms with van der Waals surface area (Å²) >= 11 is 14.5. The van der Waals surface area contributed by atoms with Crippen LogP contribution in [0.3, 0.4) is 0 Å². The lowest BCUT2D eigenvalue weighted by Gasteiger charge is -2.21. The quantitative estimate of drug-likeness (QED) is 0.179. The SMILES string of the molecule is Cc1ccc(Nc2c(C#N)cnc3c(Cl)cc(N[C@H](C4=CN(CCO)NN4)c4cc(C#N)cs4)cc23)cc1Cl. The van der Waals surface area contributed by atoms with Crippen molar-refractivity contribution in [1.29, 1.82) is 10.5 Å². The first-order valence-electron chi connectivity index (χ1n) is 11.8. The van der Waals surface area contributed by atoms with Gasteiger partial charge in [0.25, 0.3) is 0 Å². The van der Waals surface area contributed by atoms with Crippen LogP contribution in [0.5, 0.6) is 0 Å². The molecule has 0 amide bonds. The van der Waals surface area contributed by atoms with Gasteiger partial charge in [-0.2, -0.15) is 10.5 Å². The Kier molecular flexibility index (Phi) is 7.75. The van der Waals surface area contributed by atoms with E-state index in [0.717, 1.165) is 21.8 Å². The van der Waals surface area contributed by atoms with Crippen LogP contribution in [0.2, 0.25) is 10.0 Å². The van der Waals surface area contributed by atoms with E-state index in [1.165, 1.54) is 17.5 Å². The van der Waals surface area contributed by atoms with E-state index in [0.29, 0.717) is 50.0 Å². The molecule has 1 atom stereocenters. The molecule has 0 radical (unpaired) electrons. The van der Waals surface area contributed by atoms with Crippen molar-refractivity contribution in [3.05, 3.63) is 91.5 Å². The van der Waals surface area contributed by atoms with Crippen molar-refractivity contribution in [3.8, 4) is 12.1 Å². The first-order valence-corrected chi connectivity index (χ1v) is 13.4. The Morgan fingerprint density at radius 3 is 2.67 bits per heavy atom. The minimum Gasteiger partial charge on any atom is -0.394 e. The lowest BCUT2D eigenvalue weighted by atomic mass is 10.1. The van der Waals surface area contributed by atoms with E-state index in [1.54, 1.807) is 22.5 Å². The van der Waals surface area contributed by atoms with Crippen LogP contribution in [0.25, 0.3) is 10.9 Å². The Morgan fingerprint density at radius 1 is 1.13 bits per heavy atom. The monoisotopic (exact) mass is 576 g/mol. The highest BCUT2D eigenvalue weighted by Gasteiger charge is 2.24. The Morgan fingerprint density at radius 2 is 1.95 bits per heavy atom. The molecular weight excluding hydrogens is 555 g/mol. The summed E-state index contributed by atoms with van der Waals surface area (Å²) in [5.41, 5.74) is 11.3. The lowest BCUT2D eigenvalue weighted by Crippen LogP contribution is -2.38. The molecule has 0 bridgehead atoms. The van der Waals surface area contributed by atoms with Gasteiger partial charge in [-0.1, -0.05) is 29.3 Å². The number of hydrogen-bond acceptors (Lipinski definition) is 10. The van der Waals surface area contributed by atoms with E-state index < -0.39 is 0 Å². The Bertz CT molecular complexity index is 1670. The van der Waals surface area contributed by atoms with Crippen LogP contribution in [0.15, 0.2) is 59.9 Å². The molecule has 0 unspecified atom stereocenters. The summed E-state index contributed by atoms with van der Waals surface area (Å²) in [7, 11) is 0. The topological polar surface area (TPSA) is 132 Å². The molecule has 0 spiro atoms. The van der Waals surface area contributed by atoms with Gasteiger partial charge >= 0.3 is 0 Å². The van der Waals surface area contributed by atoms with Crippen molar-refractivity contribution in [1.82, 2.24) is 21.0 Å². The van der Waals surface area contributed by atoms with Crippen molar-refractivity contribution >= 4 is 62.5 Å².